The lowest BCUT2D eigenvalue weighted by molar-refractivity contribution is 0.0824. The number of ether oxygens (including phenoxy) is 1. The van der Waals surface area contributed by atoms with Gasteiger partial charge in [0.1, 0.15) is 0 Å². The lowest BCUT2D eigenvalue weighted by Gasteiger charge is -2.41. The van der Waals surface area contributed by atoms with Crippen molar-refractivity contribution < 1.29 is 4.74 Å². The molecule has 3 atom stereocenters. The van der Waals surface area contributed by atoms with Gasteiger partial charge in [0.05, 0.1) is 6.10 Å². The van der Waals surface area contributed by atoms with Crippen molar-refractivity contribution in [2.24, 2.45) is 5.92 Å². The predicted octanol–water partition coefficient (Wildman–Crippen LogP) is 2.80. The Morgan fingerprint density at radius 3 is 2.80 bits per heavy atom. The SMILES string of the molecule is CCCC1CN(CCCC2CCCO2)C(C2CC2)CN1. The number of nitrogens with zero attached hydrogens (tertiary/aromatic N) is 1. The minimum absolute atomic E-state index is 0.573. The maximum absolute atomic E-state index is 5.76. The van der Waals surface area contributed by atoms with E-state index in [1.165, 1.54) is 71.0 Å². The quantitative estimate of drug-likeness (QED) is 0.776. The second-order valence-electron chi connectivity index (χ2n) is 7.07. The van der Waals surface area contributed by atoms with Crippen molar-refractivity contribution in [3.05, 3.63) is 0 Å². The molecule has 0 radical (unpaired) electrons. The van der Waals surface area contributed by atoms with Gasteiger partial charge in [0.25, 0.3) is 0 Å². The molecule has 0 bridgehead atoms. The van der Waals surface area contributed by atoms with Crippen LogP contribution in [-0.2, 0) is 4.74 Å². The molecule has 3 fully saturated rings. The Labute approximate surface area is 124 Å². The van der Waals surface area contributed by atoms with Crippen LogP contribution in [0.3, 0.4) is 0 Å². The largest absolute Gasteiger partial charge is 0.378 e. The van der Waals surface area contributed by atoms with E-state index < -0.39 is 0 Å². The fraction of sp³-hybridized carbons (Fsp3) is 1.00. The highest BCUT2D eigenvalue weighted by Crippen LogP contribution is 2.36. The van der Waals surface area contributed by atoms with Gasteiger partial charge in [0.15, 0.2) is 0 Å². The van der Waals surface area contributed by atoms with Crippen LogP contribution >= 0.6 is 0 Å². The van der Waals surface area contributed by atoms with Gasteiger partial charge >= 0.3 is 0 Å². The first-order valence-electron chi connectivity index (χ1n) is 8.96. The van der Waals surface area contributed by atoms with Gasteiger partial charge in [0.2, 0.25) is 0 Å². The smallest absolute Gasteiger partial charge is 0.0576 e. The molecule has 2 heterocycles. The molecular formula is C17H32N2O. The summed E-state index contributed by atoms with van der Waals surface area (Å²) in [4.78, 5) is 2.81. The molecule has 1 N–H and O–H groups in total. The molecule has 0 aromatic carbocycles. The molecule has 116 valence electrons. The molecule has 3 unspecified atom stereocenters. The van der Waals surface area contributed by atoms with Gasteiger partial charge in [-0.05, 0) is 57.4 Å². The Bertz CT molecular complexity index is 287. The van der Waals surface area contributed by atoms with Crippen LogP contribution < -0.4 is 5.32 Å². The molecule has 3 heteroatoms. The Morgan fingerprint density at radius 2 is 2.10 bits per heavy atom. The summed E-state index contributed by atoms with van der Waals surface area (Å²) in [6.07, 6.45) is 11.3. The summed E-state index contributed by atoms with van der Waals surface area (Å²) in [6.45, 7) is 7.11. The average Bonchev–Trinajstić information content (AvgIpc) is 3.16. The third kappa shape index (κ3) is 3.96. The summed E-state index contributed by atoms with van der Waals surface area (Å²) < 4.78 is 5.76. The minimum atomic E-state index is 0.573. The van der Waals surface area contributed by atoms with Gasteiger partial charge in [-0.25, -0.2) is 0 Å². The van der Waals surface area contributed by atoms with Crippen molar-refractivity contribution in [1.82, 2.24) is 10.2 Å². The summed E-state index contributed by atoms with van der Waals surface area (Å²) in [5, 5.41) is 3.79. The van der Waals surface area contributed by atoms with Crippen LogP contribution in [0.1, 0.15) is 58.3 Å². The molecule has 3 nitrogen and oxygen atoms in total. The summed E-state index contributed by atoms with van der Waals surface area (Å²) >= 11 is 0. The zero-order valence-corrected chi connectivity index (χ0v) is 13.2. The first-order valence-corrected chi connectivity index (χ1v) is 8.96. The second kappa shape index (κ2) is 7.24. The molecule has 1 saturated carbocycles. The van der Waals surface area contributed by atoms with Crippen LogP contribution in [0.25, 0.3) is 0 Å². The number of nitrogens with one attached hydrogen (secondary N) is 1. The van der Waals surface area contributed by atoms with E-state index in [4.69, 9.17) is 4.74 Å². The Hall–Kier alpha value is -0.120. The van der Waals surface area contributed by atoms with E-state index in [-0.39, 0.29) is 0 Å². The Kier molecular flexibility index (Phi) is 5.36. The molecule has 0 aromatic rings. The first kappa shape index (κ1) is 14.8. The number of hydrogen-bond acceptors (Lipinski definition) is 3. The molecule has 0 aromatic heterocycles. The molecule has 0 spiro atoms. The Balaban J connectivity index is 1.44. The number of hydrogen-bond donors (Lipinski definition) is 1. The highest BCUT2D eigenvalue weighted by Gasteiger charge is 2.38. The molecule has 3 rings (SSSR count). The van der Waals surface area contributed by atoms with Crippen LogP contribution in [0.5, 0.6) is 0 Å². The second-order valence-corrected chi connectivity index (χ2v) is 7.07. The zero-order valence-electron chi connectivity index (χ0n) is 13.2. The molecule has 0 amide bonds. The van der Waals surface area contributed by atoms with Gasteiger partial charge in [-0.15, -0.1) is 0 Å². The van der Waals surface area contributed by atoms with E-state index in [1.807, 2.05) is 0 Å². The maximum Gasteiger partial charge on any atom is 0.0576 e. The Morgan fingerprint density at radius 1 is 1.20 bits per heavy atom. The van der Waals surface area contributed by atoms with Gasteiger partial charge < -0.3 is 10.1 Å². The standard InChI is InChI=1S/C17H32N2O/c1-2-5-15-13-19(17(12-18-15)14-8-9-14)10-3-6-16-7-4-11-20-16/h14-18H,2-13H2,1H3. The third-order valence-corrected chi connectivity index (χ3v) is 5.34. The van der Waals surface area contributed by atoms with E-state index in [0.29, 0.717) is 6.10 Å². The van der Waals surface area contributed by atoms with Crippen LogP contribution in [0.15, 0.2) is 0 Å². The monoisotopic (exact) mass is 280 g/mol. The summed E-state index contributed by atoms with van der Waals surface area (Å²) in [7, 11) is 0. The lowest BCUT2D eigenvalue weighted by Crippen LogP contribution is -2.57. The van der Waals surface area contributed by atoms with E-state index in [9.17, 15) is 0 Å². The average molecular weight is 280 g/mol. The fourth-order valence-corrected chi connectivity index (χ4v) is 4.04. The molecule has 2 aliphatic heterocycles. The fourth-order valence-electron chi connectivity index (χ4n) is 4.04. The van der Waals surface area contributed by atoms with Crippen LogP contribution in [0.4, 0.5) is 0 Å². The van der Waals surface area contributed by atoms with Crippen LogP contribution in [0.2, 0.25) is 0 Å². The predicted molar refractivity (Wildman–Crippen MR) is 83.0 cm³/mol. The van der Waals surface area contributed by atoms with E-state index >= 15 is 0 Å². The van der Waals surface area contributed by atoms with E-state index in [2.05, 4.69) is 17.1 Å². The number of piperazine rings is 1. The van der Waals surface area contributed by atoms with Gasteiger partial charge in [0, 0.05) is 31.8 Å². The van der Waals surface area contributed by atoms with Crippen molar-refractivity contribution in [1.29, 1.82) is 0 Å². The van der Waals surface area contributed by atoms with E-state index in [1.54, 1.807) is 0 Å². The topological polar surface area (TPSA) is 24.5 Å². The lowest BCUT2D eigenvalue weighted by atomic mass is 10.0. The highest BCUT2D eigenvalue weighted by molar-refractivity contribution is 4.95. The molecule has 2 saturated heterocycles. The van der Waals surface area contributed by atoms with Gasteiger partial charge in [-0.1, -0.05) is 13.3 Å². The van der Waals surface area contributed by atoms with Crippen LogP contribution in [-0.4, -0.2) is 49.3 Å². The van der Waals surface area contributed by atoms with Crippen molar-refractivity contribution in [2.75, 3.05) is 26.2 Å². The van der Waals surface area contributed by atoms with Gasteiger partial charge in [-0.2, -0.15) is 0 Å². The molecular weight excluding hydrogens is 248 g/mol. The normalized spacial score (nSPS) is 35.5. The van der Waals surface area contributed by atoms with Crippen molar-refractivity contribution >= 4 is 0 Å². The third-order valence-electron chi connectivity index (χ3n) is 5.34. The molecule has 20 heavy (non-hydrogen) atoms. The minimum Gasteiger partial charge on any atom is -0.378 e. The maximum atomic E-state index is 5.76. The summed E-state index contributed by atoms with van der Waals surface area (Å²) in [5.41, 5.74) is 0. The zero-order chi connectivity index (χ0) is 13.8. The van der Waals surface area contributed by atoms with Crippen molar-refractivity contribution in [3.8, 4) is 0 Å². The molecule has 3 aliphatic rings. The van der Waals surface area contributed by atoms with E-state index in [0.717, 1.165) is 24.6 Å². The highest BCUT2D eigenvalue weighted by atomic mass is 16.5. The van der Waals surface area contributed by atoms with Crippen LogP contribution in [0, 0.1) is 5.92 Å². The van der Waals surface area contributed by atoms with Gasteiger partial charge in [-0.3, -0.25) is 4.90 Å². The summed E-state index contributed by atoms with van der Waals surface area (Å²) in [6, 6.07) is 1.56. The first-order chi connectivity index (χ1) is 9.86. The summed E-state index contributed by atoms with van der Waals surface area (Å²) in [5.74, 6) is 0.993. The van der Waals surface area contributed by atoms with Crippen molar-refractivity contribution in [2.45, 2.75) is 76.5 Å². The molecule has 1 aliphatic carbocycles. The number of rotatable bonds is 7. The van der Waals surface area contributed by atoms with Crippen molar-refractivity contribution in [3.63, 3.8) is 0 Å².